The number of nitrogens with zero attached hydrogens (tertiary/aromatic N) is 2. The molecule has 1 saturated carbocycles. The number of benzene rings is 1. The van der Waals surface area contributed by atoms with Gasteiger partial charge in [0, 0.05) is 12.2 Å². The SMILES string of the molecule is c1ccc2c(c1)CNC1=NCC3(CCC3)N12. The molecule has 1 N–H and O–H groups in total. The third-order valence-electron chi connectivity index (χ3n) is 4.16. The van der Waals surface area contributed by atoms with Gasteiger partial charge in [-0.2, -0.15) is 0 Å². The van der Waals surface area contributed by atoms with E-state index in [0.29, 0.717) is 5.54 Å². The van der Waals surface area contributed by atoms with E-state index < -0.39 is 0 Å². The number of hydrogen-bond donors (Lipinski definition) is 1. The third kappa shape index (κ3) is 0.913. The number of hydrogen-bond acceptors (Lipinski definition) is 3. The summed E-state index contributed by atoms with van der Waals surface area (Å²) in [6.45, 7) is 1.89. The van der Waals surface area contributed by atoms with Gasteiger partial charge < -0.3 is 10.2 Å². The Kier molecular flexibility index (Phi) is 1.50. The number of aliphatic imine (C=N–C) groups is 1. The summed E-state index contributed by atoms with van der Waals surface area (Å²) in [6, 6.07) is 8.69. The molecule has 16 heavy (non-hydrogen) atoms. The largest absolute Gasteiger partial charge is 0.352 e. The fraction of sp³-hybridized carbons (Fsp3) is 0.462. The Bertz CT molecular complexity index is 474. The second-order valence-electron chi connectivity index (χ2n) is 5.04. The lowest BCUT2D eigenvalue weighted by Gasteiger charge is -2.48. The first-order valence-corrected chi connectivity index (χ1v) is 6.06. The summed E-state index contributed by atoms with van der Waals surface area (Å²) in [5.74, 6) is 1.10. The first kappa shape index (κ1) is 8.62. The molecule has 2 heterocycles. The van der Waals surface area contributed by atoms with Gasteiger partial charge in [-0.15, -0.1) is 0 Å². The Morgan fingerprint density at radius 2 is 2.12 bits per heavy atom. The lowest BCUT2D eigenvalue weighted by atomic mass is 9.75. The van der Waals surface area contributed by atoms with E-state index in [2.05, 4.69) is 39.5 Å². The lowest BCUT2D eigenvalue weighted by molar-refractivity contribution is 0.271. The van der Waals surface area contributed by atoms with Crippen molar-refractivity contribution in [1.82, 2.24) is 5.32 Å². The molecule has 3 nitrogen and oxygen atoms in total. The van der Waals surface area contributed by atoms with E-state index in [4.69, 9.17) is 0 Å². The Morgan fingerprint density at radius 1 is 1.25 bits per heavy atom. The molecule has 4 rings (SSSR count). The molecule has 1 aliphatic carbocycles. The molecule has 0 amide bonds. The monoisotopic (exact) mass is 213 g/mol. The van der Waals surface area contributed by atoms with E-state index in [1.807, 2.05) is 0 Å². The van der Waals surface area contributed by atoms with Crippen LogP contribution in [-0.2, 0) is 6.54 Å². The summed E-state index contributed by atoms with van der Waals surface area (Å²) >= 11 is 0. The smallest absolute Gasteiger partial charge is 0.199 e. The van der Waals surface area contributed by atoms with Crippen molar-refractivity contribution < 1.29 is 0 Å². The molecule has 0 atom stereocenters. The maximum Gasteiger partial charge on any atom is 0.199 e. The molecule has 1 fully saturated rings. The molecule has 0 saturated heterocycles. The average molecular weight is 213 g/mol. The van der Waals surface area contributed by atoms with Crippen molar-refractivity contribution in [2.24, 2.45) is 4.99 Å². The van der Waals surface area contributed by atoms with Crippen LogP contribution in [0.15, 0.2) is 29.3 Å². The fourth-order valence-electron chi connectivity index (χ4n) is 3.11. The zero-order chi connectivity index (χ0) is 10.6. The molecule has 3 aliphatic rings. The van der Waals surface area contributed by atoms with Crippen LogP contribution >= 0.6 is 0 Å². The molecule has 1 aromatic carbocycles. The van der Waals surface area contributed by atoms with Gasteiger partial charge in [0.1, 0.15) is 0 Å². The van der Waals surface area contributed by atoms with Gasteiger partial charge in [0.25, 0.3) is 0 Å². The third-order valence-corrected chi connectivity index (χ3v) is 4.16. The van der Waals surface area contributed by atoms with Crippen LogP contribution in [0.25, 0.3) is 0 Å². The molecule has 2 aliphatic heterocycles. The number of fused-ring (bicyclic) bond motifs is 4. The molecule has 82 valence electrons. The van der Waals surface area contributed by atoms with Crippen LogP contribution in [0, 0.1) is 0 Å². The number of anilines is 1. The van der Waals surface area contributed by atoms with E-state index in [1.165, 1.54) is 30.5 Å². The molecule has 0 radical (unpaired) electrons. The van der Waals surface area contributed by atoms with Crippen LogP contribution < -0.4 is 10.2 Å². The molecule has 0 bridgehead atoms. The first-order chi connectivity index (χ1) is 7.89. The van der Waals surface area contributed by atoms with E-state index >= 15 is 0 Å². The maximum absolute atomic E-state index is 4.66. The Morgan fingerprint density at radius 3 is 2.94 bits per heavy atom. The molecular weight excluding hydrogens is 198 g/mol. The van der Waals surface area contributed by atoms with Crippen LogP contribution in [-0.4, -0.2) is 18.0 Å². The summed E-state index contributed by atoms with van der Waals surface area (Å²) < 4.78 is 0. The Labute approximate surface area is 95.2 Å². The standard InChI is InChI=1S/C13H15N3/c1-2-5-11-10(4-1)8-14-12-15-9-13(16(11)12)6-3-7-13/h1-2,4-5H,3,6-9H2,(H,14,15). The predicted molar refractivity (Wildman–Crippen MR) is 64.6 cm³/mol. The Balaban J connectivity index is 1.86. The van der Waals surface area contributed by atoms with Gasteiger partial charge >= 0.3 is 0 Å². The van der Waals surface area contributed by atoms with Gasteiger partial charge in [-0.1, -0.05) is 18.2 Å². The van der Waals surface area contributed by atoms with Crippen LogP contribution in [0.1, 0.15) is 24.8 Å². The summed E-state index contributed by atoms with van der Waals surface area (Å²) in [5.41, 5.74) is 3.09. The minimum Gasteiger partial charge on any atom is -0.352 e. The Hall–Kier alpha value is -1.51. The maximum atomic E-state index is 4.66. The zero-order valence-electron chi connectivity index (χ0n) is 9.24. The molecule has 0 aromatic heterocycles. The van der Waals surface area contributed by atoms with Gasteiger partial charge in [-0.3, -0.25) is 4.99 Å². The van der Waals surface area contributed by atoms with Gasteiger partial charge in [0.2, 0.25) is 0 Å². The summed E-state index contributed by atoms with van der Waals surface area (Å²) in [5, 5.41) is 3.44. The highest BCUT2D eigenvalue weighted by atomic mass is 15.4. The summed E-state index contributed by atoms with van der Waals surface area (Å²) in [6.07, 6.45) is 3.92. The number of para-hydroxylation sites is 1. The van der Waals surface area contributed by atoms with Gasteiger partial charge in [0.05, 0.1) is 12.1 Å². The van der Waals surface area contributed by atoms with Crippen molar-refractivity contribution in [3.8, 4) is 0 Å². The molecule has 1 aromatic rings. The molecule has 1 spiro atoms. The van der Waals surface area contributed by atoms with E-state index in [0.717, 1.165) is 19.0 Å². The van der Waals surface area contributed by atoms with E-state index in [-0.39, 0.29) is 0 Å². The highest BCUT2D eigenvalue weighted by Crippen LogP contribution is 2.45. The summed E-state index contributed by atoms with van der Waals surface area (Å²) in [4.78, 5) is 7.12. The average Bonchev–Trinajstić information content (AvgIpc) is 2.68. The highest BCUT2D eigenvalue weighted by molar-refractivity contribution is 6.01. The topological polar surface area (TPSA) is 27.6 Å². The number of guanidine groups is 1. The van der Waals surface area contributed by atoms with E-state index in [1.54, 1.807) is 0 Å². The van der Waals surface area contributed by atoms with Crippen molar-refractivity contribution in [2.75, 3.05) is 11.4 Å². The minimum absolute atomic E-state index is 0.318. The molecule has 0 unspecified atom stereocenters. The van der Waals surface area contributed by atoms with Crippen molar-refractivity contribution in [2.45, 2.75) is 31.3 Å². The second-order valence-corrected chi connectivity index (χ2v) is 5.04. The van der Waals surface area contributed by atoms with Crippen molar-refractivity contribution in [3.63, 3.8) is 0 Å². The highest BCUT2D eigenvalue weighted by Gasteiger charge is 2.49. The van der Waals surface area contributed by atoms with Gasteiger partial charge in [0.15, 0.2) is 5.96 Å². The van der Waals surface area contributed by atoms with Crippen LogP contribution in [0.3, 0.4) is 0 Å². The zero-order valence-corrected chi connectivity index (χ0v) is 9.24. The first-order valence-electron chi connectivity index (χ1n) is 6.06. The van der Waals surface area contributed by atoms with Crippen LogP contribution in [0.2, 0.25) is 0 Å². The predicted octanol–water partition coefficient (Wildman–Crippen LogP) is 1.89. The van der Waals surface area contributed by atoms with Crippen molar-refractivity contribution in [1.29, 1.82) is 0 Å². The van der Waals surface area contributed by atoms with E-state index in [9.17, 15) is 0 Å². The summed E-state index contributed by atoms with van der Waals surface area (Å²) in [7, 11) is 0. The minimum atomic E-state index is 0.318. The lowest BCUT2D eigenvalue weighted by Crippen LogP contribution is -2.58. The molecular formula is C13H15N3. The van der Waals surface area contributed by atoms with Crippen LogP contribution in [0.5, 0.6) is 0 Å². The number of rotatable bonds is 0. The second kappa shape index (κ2) is 2.78. The fourth-order valence-corrected chi connectivity index (χ4v) is 3.11. The van der Waals surface area contributed by atoms with Gasteiger partial charge in [-0.05, 0) is 30.9 Å². The van der Waals surface area contributed by atoms with Crippen molar-refractivity contribution >= 4 is 11.6 Å². The van der Waals surface area contributed by atoms with Gasteiger partial charge in [-0.25, -0.2) is 0 Å². The quantitative estimate of drug-likeness (QED) is 0.712. The number of nitrogens with one attached hydrogen (secondary N) is 1. The molecule has 3 heteroatoms. The van der Waals surface area contributed by atoms with Crippen LogP contribution in [0.4, 0.5) is 5.69 Å². The normalized spacial score (nSPS) is 24.2. The van der Waals surface area contributed by atoms with Crippen molar-refractivity contribution in [3.05, 3.63) is 29.8 Å².